The summed E-state index contributed by atoms with van der Waals surface area (Å²) >= 11 is 0. The van der Waals surface area contributed by atoms with Crippen LogP contribution in [0.4, 0.5) is 0 Å². The predicted molar refractivity (Wildman–Crippen MR) is 119 cm³/mol. The highest BCUT2D eigenvalue weighted by Crippen LogP contribution is 2.29. The standard InChI is InChI=1S/C23H28N2O6S/c1-30-20-12-11-19(15-21(20)32(28,29)25-13-7-2-3-8-14-25)23(27)31-17-22(26)24-16-18-9-5-4-6-10-18/h4-6,9-12,15H,2-3,7-8,13-14,16-17H2,1H3,(H,24,26). The quantitative estimate of drug-likeness (QED) is 0.608. The highest BCUT2D eigenvalue weighted by Gasteiger charge is 2.29. The number of benzene rings is 2. The Morgan fingerprint density at radius 3 is 2.34 bits per heavy atom. The number of nitrogens with zero attached hydrogens (tertiary/aromatic N) is 1. The summed E-state index contributed by atoms with van der Waals surface area (Å²) in [5, 5.41) is 2.67. The number of rotatable bonds is 8. The number of hydrogen-bond acceptors (Lipinski definition) is 6. The van der Waals surface area contributed by atoms with E-state index in [0.717, 1.165) is 31.2 Å². The van der Waals surface area contributed by atoms with Gasteiger partial charge < -0.3 is 14.8 Å². The number of amides is 1. The SMILES string of the molecule is COc1ccc(C(=O)OCC(=O)NCc2ccccc2)cc1S(=O)(=O)N1CCCCCC1. The van der Waals surface area contributed by atoms with Crippen molar-refractivity contribution in [2.75, 3.05) is 26.8 Å². The molecule has 2 aromatic carbocycles. The second-order valence-electron chi connectivity index (χ2n) is 7.52. The van der Waals surface area contributed by atoms with Crippen LogP contribution in [0, 0.1) is 0 Å². The first-order valence-electron chi connectivity index (χ1n) is 10.6. The molecule has 3 rings (SSSR count). The van der Waals surface area contributed by atoms with Crippen molar-refractivity contribution < 1.29 is 27.5 Å². The average molecular weight is 461 g/mol. The smallest absolute Gasteiger partial charge is 0.338 e. The topological polar surface area (TPSA) is 102 Å². The largest absolute Gasteiger partial charge is 0.495 e. The van der Waals surface area contributed by atoms with Gasteiger partial charge in [-0.3, -0.25) is 4.79 Å². The molecule has 0 aliphatic carbocycles. The third-order valence-corrected chi connectivity index (χ3v) is 7.17. The van der Waals surface area contributed by atoms with Gasteiger partial charge in [0.25, 0.3) is 5.91 Å². The molecule has 8 nitrogen and oxygen atoms in total. The van der Waals surface area contributed by atoms with Gasteiger partial charge in [0.15, 0.2) is 6.61 Å². The normalized spacial score (nSPS) is 14.9. The molecule has 1 aliphatic rings. The molecule has 1 heterocycles. The second kappa shape index (κ2) is 11.1. The maximum Gasteiger partial charge on any atom is 0.338 e. The predicted octanol–water partition coefficient (Wildman–Crippen LogP) is 2.73. The Balaban J connectivity index is 1.67. The van der Waals surface area contributed by atoms with Crippen LogP contribution >= 0.6 is 0 Å². The maximum atomic E-state index is 13.2. The molecule has 1 fully saturated rings. The summed E-state index contributed by atoms with van der Waals surface area (Å²) < 4.78 is 38.2. The van der Waals surface area contributed by atoms with Crippen molar-refractivity contribution in [1.29, 1.82) is 0 Å². The molecule has 0 bridgehead atoms. The Kier molecular flexibility index (Phi) is 8.24. The highest BCUT2D eigenvalue weighted by molar-refractivity contribution is 7.89. The second-order valence-corrected chi connectivity index (χ2v) is 9.43. The summed E-state index contributed by atoms with van der Waals surface area (Å²) in [6.07, 6.45) is 3.56. The van der Waals surface area contributed by atoms with Crippen LogP contribution in [0.1, 0.15) is 41.6 Å². The third-order valence-electron chi connectivity index (χ3n) is 5.25. The number of nitrogens with one attached hydrogen (secondary N) is 1. The fourth-order valence-corrected chi connectivity index (χ4v) is 5.19. The van der Waals surface area contributed by atoms with Crippen LogP contribution in [0.2, 0.25) is 0 Å². The van der Waals surface area contributed by atoms with E-state index in [1.165, 1.54) is 29.6 Å². The van der Waals surface area contributed by atoms with Crippen molar-refractivity contribution in [3.8, 4) is 5.75 Å². The van der Waals surface area contributed by atoms with Crippen molar-refractivity contribution in [2.24, 2.45) is 0 Å². The van der Waals surface area contributed by atoms with Crippen molar-refractivity contribution in [3.63, 3.8) is 0 Å². The zero-order chi connectivity index (χ0) is 23.0. The number of esters is 1. The van der Waals surface area contributed by atoms with Crippen molar-refractivity contribution in [1.82, 2.24) is 9.62 Å². The number of sulfonamides is 1. The Morgan fingerprint density at radius 2 is 1.69 bits per heavy atom. The number of hydrogen-bond donors (Lipinski definition) is 1. The maximum absolute atomic E-state index is 13.2. The summed E-state index contributed by atoms with van der Waals surface area (Å²) in [6, 6.07) is 13.4. The number of carbonyl (C=O) groups excluding carboxylic acids is 2. The first-order valence-corrected chi connectivity index (χ1v) is 12.0. The van der Waals surface area contributed by atoms with Gasteiger partial charge in [0.05, 0.1) is 12.7 Å². The molecule has 1 aliphatic heterocycles. The van der Waals surface area contributed by atoms with E-state index in [-0.39, 0.29) is 16.2 Å². The van der Waals surface area contributed by atoms with Crippen molar-refractivity contribution >= 4 is 21.9 Å². The molecule has 0 radical (unpaired) electrons. The summed E-state index contributed by atoms with van der Waals surface area (Å²) in [5.41, 5.74) is 0.959. The molecular formula is C23H28N2O6S. The Morgan fingerprint density at radius 1 is 1.00 bits per heavy atom. The van der Waals surface area contributed by atoms with E-state index in [0.29, 0.717) is 19.6 Å². The Labute approximate surface area is 188 Å². The van der Waals surface area contributed by atoms with Crippen LogP contribution in [0.15, 0.2) is 53.4 Å². The lowest BCUT2D eigenvalue weighted by atomic mass is 10.2. The minimum Gasteiger partial charge on any atom is -0.495 e. The lowest BCUT2D eigenvalue weighted by Crippen LogP contribution is -2.32. The highest BCUT2D eigenvalue weighted by atomic mass is 32.2. The van der Waals surface area contributed by atoms with E-state index >= 15 is 0 Å². The molecule has 2 aromatic rings. The molecule has 0 unspecified atom stereocenters. The van der Waals surface area contributed by atoms with Crippen LogP contribution in [-0.4, -0.2) is 51.4 Å². The Bertz CT molecular complexity index is 1030. The van der Waals surface area contributed by atoms with Crippen LogP contribution in [0.25, 0.3) is 0 Å². The van der Waals surface area contributed by atoms with E-state index < -0.39 is 28.5 Å². The first-order chi connectivity index (χ1) is 15.4. The van der Waals surface area contributed by atoms with E-state index in [4.69, 9.17) is 9.47 Å². The number of methoxy groups -OCH3 is 1. The van der Waals surface area contributed by atoms with Gasteiger partial charge in [0, 0.05) is 19.6 Å². The third kappa shape index (κ3) is 6.08. The molecule has 172 valence electrons. The van der Waals surface area contributed by atoms with Gasteiger partial charge >= 0.3 is 5.97 Å². The zero-order valence-electron chi connectivity index (χ0n) is 18.1. The summed E-state index contributed by atoms with van der Waals surface area (Å²) in [6.45, 7) is 0.716. The summed E-state index contributed by atoms with van der Waals surface area (Å²) in [4.78, 5) is 24.4. The molecule has 1 saturated heterocycles. The van der Waals surface area contributed by atoms with Gasteiger partial charge in [-0.1, -0.05) is 43.2 Å². The molecule has 9 heteroatoms. The van der Waals surface area contributed by atoms with Gasteiger partial charge in [-0.05, 0) is 36.6 Å². The van der Waals surface area contributed by atoms with Crippen LogP contribution in [0.5, 0.6) is 5.75 Å². The van der Waals surface area contributed by atoms with Crippen molar-refractivity contribution in [2.45, 2.75) is 37.1 Å². The minimum atomic E-state index is -3.83. The summed E-state index contributed by atoms with van der Waals surface area (Å²) in [7, 11) is -2.45. The van der Waals surface area contributed by atoms with Gasteiger partial charge in [-0.25, -0.2) is 13.2 Å². The molecular weight excluding hydrogens is 432 g/mol. The Hall–Kier alpha value is -2.91. The molecule has 1 amide bonds. The fourth-order valence-electron chi connectivity index (χ4n) is 3.49. The van der Waals surface area contributed by atoms with Crippen molar-refractivity contribution in [3.05, 3.63) is 59.7 Å². The fraction of sp³-hybridized carbons (Fsp3) is 0.391. The van der Waals surface area contributed by atoms with Gasteiger partial charge in [0.2, 0.25) is 10.0 Å². The number of carbonyl (C=O) groups is 2. The van der Waals surface area contributed by atoms with E-state index in [1.807, 2.05) is 30.3 Å². The van der Waals surface area contributed by atoms with Crippen LogP contribution < -0.4 is 10.1 Å². The summed E-state index contributed by atoms with van der Waals surface area (Å²) in [5.74, 6) is -1.07. The van der Waals surface area contributed by atoms with Gasteiger partial charge in [-0.2, -0.15) is 4.31 Å². The number of ether oxygens (including phenoxy) is 2. The molecule has 0 atom stereocenters. The van der Waals surface area contributed by atoms with E-state index in [2.05, 4.69) is 5.32 Å². The molecule has 1 N–H and O–H groups in total. The first kappa shape index (κ1) is 23.7. The van der Waals surface area contributed by atoms with Crippen LogP contribution in [0.3, 0.4) is 0 Å². The lowest BCUT2D eigenvalue weighted by molar-refractivity contribution is -0.124. The van der Waals surface area contributed by atoms with E-state index in [1.54, 1.807) is 0 Å². The molecule has 32 heavy (non-hydrogen) atoms. The van der Waals surface area contributed by atoms with E-state index in [9.17, 15) is 18.0 Å². The lowest BCUT2D eigenvalue weighted by Gasteiger charge is -2.21. The molecule has 0 aromatic heterocycles. The van der Waals surface area contributed by atoms with Gasteiger partial charge in [-0.15, -0.1) is 0 Å². The minimum absolute atomic E-state index is 0.0371. The zero-order valence-corrected chi connectivity index (χ0v) is 18.9. The monoisotopic (exact) mass is 460 g/mol. The molecule has 0 saturated carbocycles. The van der Waals surface area contributed by atoms with Crippen LogP contribution in [-0.2, 0) is 26.1 Å². The average Bonchev–Trinajstić information content (AvgIpc) is 3.11. The molecule has 0 spiro atoms. The van der Waals surface area contributed by atoms with Gasteiger partial charge in [0.1, 0.15) is 10.6 Å².